The summed E-state index contributed by atoms with van der Waals surface area (Å²) in [4.78, 5) is 12.7. The van der Waals surface area contributed by atoms with Gasteiger partial charge in [0.05, 0.1) is 25.7 Å². The molecule has 0 aromatic rings. The van der Waals surface area contributed by atoms with Gasteiger partial charge in [0.15, 0.2) is 5.76 Å². The van der Waals surface area contributed by atoms with Crippen molar-refractivity contribution in [1.82, 2.24) is 0 Å². The van der Waals surface area contributed by atoms with Gasteiger partial charge < -0.3 is 18.4 Å². The van der Waals surface area contributed by atoms with E-state index in [0.29, 0.717) is 32.1 Å². The number of halogens is 3. The van der Waals surface area contributed by atoms with Crippen molar-refractivity contribution in [3.8, 4) is 0 Å². The Balaban J connectivity index is 2.10. The molecule has 33 heavy (non-hydrogen) atoms. The van der Waals surface area contributed by atoms with Crippen molar-refractivity contribution in [3.63, 3.8) is 0 Å². The molecule has 0 amide bonds. The number of carbonyl (C=O) groups excluding carboxylic acids is 1. The molecular weight excluding hydrogens is 465 g/mol. The van der Waals surface area contributed by atoms with Crippen LogP contribution in [0.15, 0.2) is 24.0 Å². The molecule has 0 aromatic heterocycles. The van der Waals surface area contributed by atoms with Gasteiger partial charge in [0.1, 0.15) is 0 Å². The summed E-state index contributed by atoms with van der Waals surface area (Å²) in [7, 11) is -4.63. The molecule has 3 aliphatic rings. The summed E-state index contributed by atoms with van der Waals surface area (Å²) in [5, 5.41) is 0. The maximum atomic E-state index is 13.1. The Morgan fingerprint density at radius 2 is 1.79 bits per heavy atom. The Morgan fingerprint density at radius 1 is 1.18 bits per heavy atom. The molecule has 1 aliphatic heterocycles. The lowest BCUT2D eigenvalue weighted by atomic mass is 9.47. The minimum absolute atomic E-state index is 0.0647. The Kier molecular flexibility index (Phi) is 6.76. The molecule has 0 aromatic carbocycles. The zero-order chi connectivity index (χ0) is 24.9. The molecule has 2 saturated carbocycles. The Morgan fingerprint density at radius 3 is 2.33 bits per heavy atom. The number of hydrogen-bond acceptors (Lipinski definition) is 7. The normalized spacial score (nSPS) is 35.1. The van der Waals surface area contributed by atoms with Crippen LogP contribution >= 0.6 is 0 Å². The van der Waals surface area contributed by atoms with Crippen LogP contribution in [0.1, 0.15) is 52.9 Å². The third-order valence-electron chi connectivity index (χ3n) is 7.62. The number of fused-ring (bicyclic) bond motifs is 1. The molecule has 7 nitrogen and oxygen atoms in total. The highest BCUT2D eigenvalue weighted by molar-refractivity contribution is 7.87. The lowest BCUT2D eigenvalue weighted by Crippen LogP contribution is -2.53. The van der Waals surface area contributed by atoms with Crippen LogP contribution in [0.4, 0.5) is 13.2 Å². The molecule has 0 bridgehead atoms. The molecule has 2 aliphatic carbocycles. The van der Waals surface area contributed by atoms with Crippen LogP contribution in [0.5, 0.6) is 0 Å². The number of hydrogen-bond donors (Lipinski definition) is 0. The van der Waals surface area contributed by atoms with Crippen molar-refractivity contribution in [2.75, 3.05) is 20.3 Å². The molecule has 3 fully saturated rings. The van der Waals surface area contributed by atoms with Crippen LogP contribution in [0, 0.1) is 22.7 Å². The van der Waals surface area contributed by atoms with Crippen molar-refractivity contribution in [2.45, 2.75) is 64.2 Å². The second-order valence-electron chi connectivity index (χ2n) is 9.65. The lowest BCUT2D eigenvalue weighted by Gasteiger charge is -2.57. The van der Waals surface area contributed by atoms with E-state index in [-0.39, 0.29) is 25.1 Å². The Bertz CT molecular complexity index is 936. The number of ether oxygens (including phenoxy) is 3. The summed E-state index contributed by atoms with van der Waals surface area (Å²) in [5.74, 6) is -3.45. The van der Waals surface area contributed by atoms with Gasteiger partial charge in [-0.15, -0.1) is 0 Å². The van der Waals surface area contributed by atoms with Crippen molar-refractivity contribution < 1.29 is 44.8 Å². The van der Waals surface area contributed by atoms with E-state index in [1.807, 2.05) is 13.8 Å². The zero-order valence-electron chi connectivity index (χ0n) is 19.3. The van der Waals surface area contributed by atoms with Crippen molar-refractivity contribution >= 4 is 16.1 Å². The average Bonchev–Trinajstić information content (AvgIpc) is 3.15. The third kappa shape index (κ3) is 4.43. The van der Waals surface area contributed by atoms with Gasteiger partial charge >= 0.3 is 21.6 Å². The first-order chi connectivity index (χ1) is 15.1. The summed E-state index contributed by atoms with van der Waals surface area (Å²) in [5.41, 5.74) is -6.28. The molecule has 0 radical (unpaired) electrons. The standard InChI is InChI=1S/C22H31F3O7S/c1-14-7-8-16-19(2,9-6-10-20(16,3)18(26)29-5)15(14)13-17(21(4)30-11-12-31-21)32-33(27,28)22(23,24)25/h13,15-16H,1,6-12H2,2-5H3/b17-13-/t15-,16+,19+,20-/m0/s1. The highest BCUT2D eigenvalue weighted by Crippen LogP contribution is 2.62. The topological polar surface area (TPSA) is 88.1 Å². The fraction of sp³-hybridized carbons (Fsp3) is 0.773. The molecular formula is C22H31F3O7S. The summed E-state index contributed by atoms with van der Waals surface area (Å²) >= 11 is 0. The molecule has 1 saturated heterocycles. The largest absolute Gasteiger partial charge is 0.534 e. The van der Waals surface area contributed by atoms with E-state index < -0.39 is 43.9 Å². The van der Waals surface area contributed by atoms with E-state index in [1.54, 1.807) is 0 Å². The molecule has 1 heterocycles. The van der Waals surface area contributed by atoms with Crippen molar-refractivity contribution in [3.05, 3.63) is 24.0 Å². The number of allylic oxidation sites excluding steroid dienone is 2. The SMILES string of the molecule is C=C1CC[C@@H]2[C@](C)(CCC[C@]2(C)C(=O)OC)[C@H]1/C=C(\OS(=O)(=O)C(F)(F)F)C1(C)OCCO1. The van der Waals surface area contributed by atoms with E-state index in [2.05, 4.69) is 10.8 Å². The van der Waals surface area contributed by atoms with Gasteiger partial charge in [-0.25, -0.2) is 0 Å². The number of carbonyl (C=O) groups is 1. The Labute approximate surface area is 192 Å². The predicted molar refractivity (Wildman–Crippen MR) is 112 cm³/mol. The first-order valence-corrected chi connectivity index (χ1v) is 12.3. The zero-order valence-corrected chi connectivity index (χ0v) is 20.1. The van der Waals surface area contributed by atoms with E-state index in [4.69, 9.17) is 14.2 Å². The van der Waals surface area contributed by atoms with Gasteiger partial charge in [0.25, 0.3) is 0 Å². The van der Waals surface area contributed by atoms with Gasteiger partial charge in [-0.2, -0.15) is 21.6 Å². The van der Waals surface area contributed by atoms with Gasteiger partial charge in [-0.05, 0) is 56.9 Å². The first-order valence-electron chi connectivity index (χ1n) is 10.9. The molecule has 0 N–H and O–H groups in total. The quantitative estimate of drug-likeness (QED) is 0.183. The van der Waals surface area contributed by atoms with Crippen LogP contribution < -0.4 is 0 Å². The van der Waals surface area contributed by atoms with Crippen LogP contribution in [0.2, 0.25) is 0 Å². The first kappa shape index (κ1) is 26.0. The van der Waals surface area contributed by atoms with Crippen LogP contribution in [-0.2, 0) is 33.3 Å². The lowest BCUT2D eigenvalue weighted by molar-refractivity contribution is -0.167. The highest BCUT2D eigenvalue weighted by atomic mass is 32.2. The minimum atomic E-state index is -5.96. The van der Waals surface area contributed by atoms with Crippen molar-refractivity contribution in [1.29, 1.82) is 0 Å². The van der Waals surface area contributed by atoms with Crippen LogP contribution in [-0.4, -0.2) is 46.0 Å². The summed E-state index contributed by atoms with van der Waals surface area (Å²) in [6, 6.07) is 0. The molecule has 4 atom stereocenters. The minimum Gasteiger partial charge on any atom is -0.469 e. The smallest absolute Gasteiger partial charge is 0.469 e. The predicted octanol–water partition coefficient (Wildman–Crippen LogP) is 4.45. The molecule has 3 rings (SSSR count). The van der Waals surface area contributed by atoms with E-state index in [0.717, 1.165) is 5.57 Å². The van der Waals surface area contributed by atoms with Gasteiger partial charge in [-0.1, -0.05) is 25.5 Å². The fourth-order valence-corrected chi connectivity index (χ4v) is 6.44. The number of rotatable bonds is 5. The highest BCUT2D eigenvalue weighted by Gasteiger charge is 2.58. The second kappa shape index (κ2) is 8.57. The summed E-state index contributed by atoms with van der Waals surface area (Å²) in [6.07, 6.45) is 4.50. The third-order valence-corrected chi connectivity index (χ3v) is 8.59. The van der Waals surface area contributed by atoms with E-state index in [1.165, 1.54) is 20.1 Å². The maximum Gasteiger partial charge on any atom is 0.534 e. The van der Waals surface area contributed by atoms with Gasteiger partial charge in [0.2, 0.25) is 5.79 Å². The summed E-state index contributed by atoms with van der Waals surface area (Å²) < 4.78 is 83.8. The second-order valence-corrected chi connectivity index (χ2v) is 11.2. The number of esters is 1. The average molecular weight is 497 g/mol. The maximum absolute atomic E-state index is 13.1. The molecule has 188 valence electrons. The number of methoxy groups -OCH3 is 1. The fourth-order valence-electron chi connectivity index (χ4n) is 5.90. The molecule has 0 unspecified atom stereocenters. The van der Waals surface area contributed by atoms with E-state index in [9.17, 15) is 26.4 Å². The summed E-state index contributed by atoms with van der Waals surface area (Å²) in [6.45, 7) is 9.38. The van der Waals surface area contributed by atoms with Crippen LogP contribution in [0.3, 0.4) is 0 Å². The van der Waals surface area contributed by atoms with Gasteiger partial charge in [-0.3, -0.25) is 4.79 Å². The van der Waals surface area contributed by atoms with Gasteiger partial charge in [0, 0.05) is 5.92 Å². The van der Waals surface area contributed by atoms with E-state index >= 15 is 0 Å². The molecule has 0 spiro atoms. The molecule has 11 heteroatoms. The van der Waals surface area contributed by atoms with Crippen molar-refractivity contribution in [2.24, 2.45) is 22.7 Å². The number of alkyl halides is 3. The van der Waals surface area contributed by atoms with Crippen LogP contribution in [0.25, 0.3) is 0 Å². The Hall–Kier alpha value is -1.59. The monoisotopic (exact) mass is 496 g/mol.